The molecule has 1 N–H and O–H groups in total. The van der Waals surface area contributed by atoms with E-state index in [1.165, 1.54) is 5.56 Å². The highest BCUT2D eigenvalue weighted by Crippen LogP contribution is 2.07. The maximum absolute atomic E-state index is 5.16. The average Bonchev–Trinajstić information content (AvgIpc) is 2.93. The van der Waals surface area contributed by atoms with Crippen LogP contribution in [0.5, 0.6) is 0 Å². The second kappa shape index (κ2) is 7.01. The Morgan fingerprint density at radius 3 is 2.63 bits per heavy atom. The largest absolute Gasteiger partial charge is 0.465 e. The predicted octanol–water partition coefficient (Wildman–Crippen LogP) is 4.26. The Labute approximate surface area is 113 Å². The van der Waals surface area contributed by atoms with Gasteiger partial charge in [0.2, 0.25) is 0 Å². The third-order valence-corrected chi connectivity index (χ3v) is 2.43. The zero-order chi connectivity index (χ0) is 13.3. The molecule has 1 aromatic carbocycles. The summed E-state index contributed by atoms with van der Waals surface area (Å²) < 4.78 is 5.16. The standard InChI is InChI=1S/C16H16N2O/c1-14-8-10-15(11-9-14)18-17-12-4-2-3-6-16-7-5-13-19-16/h2-13,18H,1H3/b4-2+,6-3+,17-12+. The van der Waals surface area contributed by atoms with E-state index in [0.717, 1.165) is 11.4 Å². The molecule has 3 nitrogen and oxygen atoms in total. The lowest BCUT2D eigenvalue weighted by Crippen LogP contribution is -1.87. The lowest BCUT2D eigenvalue weighted by atomic mass is 10.2. The van der Waals surface area contributed by atoms with E-state index in [1.807, 2.05) is 60.7 Å². The molecule has 0 atom stereocenters. The van der Waals surface area contributed by atoms with Crippen LogP contribution in [0.2, 0.25) is 0 Å². The molecule has 1 aromatic heterocycles. The summed E-state index contributed by atoms with van der Waals surface area (Å²) in [6, 6.07) is 11.8. The van der Waals surface area contributed by atoms with Crippen molar-refractivity contribution in [2.45, 2.75) is 6.92 Å². The van der Waals surface area contributed by atoms with Crippen molar-refractivity contribution in [2.75, 3.05) is 5.43 Å². The van der Waals surface area contributed by atoms with Crippen LogP contribution in [0.1, 0.15) is 11.3 Å². The summed E-state index contributed by atoms with van der Waals surface area (Å²) in [5.41, 5.74) is 5.16. The molecule has 2 aromatic rings. The molecule has 0 saturated heterocycles. The summed E-state index contributed by atoms with van der Waals surface area (Å²) >= 11 is 0. The Hall–Kier alpha value is -2.55. The fourth-order valence-electron chi connectivity index (χ4n) is 1.43. The van der Waals surface area contributed by atoms with E-state index in [1.54, 1.807) is 12.5 Å². The number of nitrogens with one attached hydrogen (secondary N) is 1. The molecule has 0 spiro atoms. The zero-order valence-electron chi connectivity index (χ0n) is 10.8. The number of anilines is 1. The molecule has 0 saturated carbocycles. The topological polar surface area (TPSA) is 37.5 Å². The number of hydrogen-bond donors (Lipinski definition) is 1. The number of rotatable bonds is 5. The van der Waals surface area contributed by atoms with Crippen LogP contribution in [0.3, 0.4) is 0 Å². The van der Waals surface area contributed by atoms with Crippen molar-refractivity contribution < 1.29 is 4.42 Å². The third kappa shape index (κ3) is 4.68. The summed E-state index contributed by atoms with van der Waals surface area (Å²) in [6.45, 7) is 2.06. The lowest BCUT2D eigenvalue weighted by molar-refractivity contribution is 0.557. The zero-order valence-corrected chi connectivity index (χ0v) is 10.8. The second-order valence-electron chi connectivity index (χ2n) is 4.02. The molecule has 3 heteroatoms. The van der Waals surface area contributed by atoms with Gasteiger partial charge >= 0.3 is 0 Å². The number of hydrogen-bond acceptors (Lipinski definition) is 3. The first-order chi connectivity index (χ1) is 9.34. The smallest absolute Gasteiger partial charge is 0.126 e. The quantitative estimate of drug-likeness (QED) is 0.490. The number of hydrazone groups is 1. The van der Waals surface area contributed by atoms with E-state index in [0.29, 0.717) is 0 Å². The predicted molar refractivity (Wildman–Crippen MR) is 80.2 cm³/mol. The summed E-state index contributed by atoms with van der Waals surface area (Å²) in [7, 11) is 0. The van der Waals surface area contributed by atoms with E-state index >= 15 is 0 Å². The highest BCUT2D eigenvalue weighted by molar-refractivity contribution is 5.72. The van der Waals surface area contributed by atoms with Gasteiger partial charge in [0.05, 0.1) is 12.0 Å². The Morgan fingerprint density at radius 1 is 1.05 bits per heavy atom. The number of furan rings is 1. The highest BCUT2D eigenvalue weighted by atomic mass is 16.3. The lowest BCUT2D eigenvalue weighted by Gasteiger charge is -1.98. The van der Waals surface area contributed by atoms with Crippen LogP contribution in [0.15, 0.2) is 70.4 Å². The fraction of sp³-hybridized carbons (Fsp3) is 0.0625. The Balaban J connectivity index is 1.75. The first-order valence-corrected chi connectivity index (χ1v) is 6.07. The minimum Gasteiger partial charge on any atom is -0.465 e. The van der Waals surface area contributed by atoms with Crippen molar-refractivity contribution >= 4 is 18.0 Å². The molecule has 0 aliphatic rings. The number of aryl methyl sites for hydroxylation is 1. The van der Waals surface area contributed by atoms with Gasteiger partial charge in [-0.05, 0) is 43.3 Å². The molecule has 0 unspecified atom stereocenters. The van der Waals surface area contributed by atoms with E-state index in [9.17, 15) is 0 Å². The van der Waals surface area contributed by atoms with Crippen LogP contribution in [0, 0.1) is 6.92 Å². The van der Waals surface area contributed by atoms with Gasteiger partial charge in [-0.25, -0.2) is 0 Å². The summed E-state index contributed by atoms with van der Waals surface area (Å²) in [5.74, 6) is 0.833. The van der Waals surface area contributed by atoms with Crippen molar-refractivity contribution in [3.05, 3.63) is 72.2 Å². The van der Waals surface area contributed by atoms with Crippen LogP contribution in [0.25, 0.3) is 6.08 Å². The van der Waals surface area contributed by atoms with Crippen LogP contribution < -0.4 is 5.43 Å². The maximum atomic E-state index is 5.16. The minimum atomic E-state index is 0.833. The molecule has 2 rings (SSSR count). The van der Waals surface area contributed by atoms with E-state index in [-0.39, 0.29) is 0 Å². The van der Waals surface area contributed by atoms with E-state index < -0.39 is 0 Å². The fourth-order valence-corrected chi connectivity index (χ4v) is 1.43. The monoisotopic (exact) mass is 252 g/mol. The van der Waals surface area contributed by atoms with Crippen LogP contribution >= 0.6 is 0 Å². The van der Waals surface area contributed by atoms with E-state index in [4.69, 9.17) is 4.42 Å². The summed E-state index contributed by atoms with van der Waals surface area (Å²) in [5, 5.41) is 4.09. The minimum absolute atomic E-state index is 0.833. The van der Waals surface area contributed by atoms with Gasteiger partial charge in [-0.3, -0.25) is 5.43 Å². The molecule has 96 valence electrons. The molecule has 0 fully saturated rings. The van der Waals surface area contributed by atoms with Crippen LogP contribution in [-0.4, -0.2) is 6.21 Å². The molecule has 1 heterocycles. The first-order valence-electron chi connectivity index (χ1n) is 6.07. The molecule has 19 heavy (non-hydrogen) atoms. The normalized spacial score (nSPS) is 11.8. The average molecular weight is 252 g/mol. The SMILES string of the molecule is Cc1ccc(N/N=C/C=C/C=C/c2ccco2)cc1. The number of benzene rings is 1. The Kier molecular flexibility index (Phi) is 4.76. The molecular formula is C16H16N2O. The summed E-state index contributed by atoms with van der Waals surface area (Å²) in [6.07, 6.45) is 10.9. The van der Waals surface area contributed by atoms with Crippen LogP contribution in [-0.2, 0) is 0 Å². The van der Waals surface area contributed by atoms with Gasteiger partial charge in [-0.15, -0.1) is 0 Å². The van der Waals surface area contributed by atoms with Crippen molar-refractivity contribution in [1.82, 2.24) is 0 Å². The molecule has 0 bridgehead atoms. The van der Waals surface area contributed by atoms with Crippen molar-refractivity contribution in [3.8, 4) is 0 Å². The number of nitrogens with zero attached hydrogens (tertiary/aromatic N) is 1. The number of allylic oxidation sites excluding steroid dienone is 3. The maximum Gasteiger partial charge on any atom is 0.126 e. The van der Waals surface area contributed by atoms with Crippen molar-refractivity contribution in [3.63, 3.8) is 0 Å². The molecule has 0 aliphatic heterocycles. The molecule has 0 aliphatic carbocycles. The molecule has 0 radical (unpaired) electrons. The van der Waals surface area contributed by atoms with Gasteiger partial charge in [0.15, 0.2) is 0 Å². The van der Waals surface area contributed by atoms with Gasteiger partial charge < -0.3 is 4.42 Å². The Morgan fingerprint density at radius 2 is 1.89 bits per heavy atom. The highest BCUT2D eigenvalue weighted by Gasteiger charge is 1.86. The summed E-state index contributed by atoms with van der Waals surface area (Å²) in [4.78, 5) is 0. The van der Waals surface area contributed by atoms with Gasteiger partial charge in [0, 0.05) is 6.21 Å². The van der Waals surface area contributed by atoms with Gasteiger partial charge in [0.25, 0.3) is 0 Å². The second-order valence-corrected chi connectivity index (χ2v) is 4.02. The van der Waals surface area contributed by atoms with E-state index in [2.05, 4.69) is 17.5 Å². The van der Waals surface area contributed by atoms with Gasteiger partial charge in [0.1, 0.15) is 5.76 Å². The Bertz CT molecular complexity index is 563. The third-order valence-electron chi connectivity index (χ3n) is 2.43. The molecule has 0 amide bonds. The van der Waals surface area contributed by atoms with Crippen LogP contribution in [0.4, 0.5) is 5.69 Å². The molecular weight excluding hydrogens is 236 g/mol. The van der Waals surface area contributed by atoms with Crippen molar-refractivity contribution in [2.24, 2.45) is 5.10 Å². The first kappa shape index (κ1) is 12.9. The van der Waals surface area contributed by atoms with Crippen molar-refractivity contribution in [1.29, 1.82) is 0 Å². The van der Waals surface area contributed by atoms with Gasteiger partial charge in [-0.2, -0.15) is 5.10 Å². The van der Waals surface area contributed by atoms with Gasteiger partial charge in [-0.1, -0.05) is 29.8 Å².